The fourth-order valence-electron chi connectivity index (χ4n) is 2.34. The molecule has 17 heavy (non-hydrogen) atoms. The van der Waals surface area contributed by atoms with Crippen LogP contribution in [-0.2, 0) is 0 Å². The predicted octanol–water partition coefficient (Wildman–Crippen LogP) is 6.65. The molecular formula is C17H34. The minimum absolute atomic E-state index is 1.23. The Bertz CT molecular complexity index is 157. The van der Waals surface area contributed by atoms with Crippen LogP contribution in [0, 0.1) is 0 Å². The summed E-state index contributed by atoms with van der Waals surface area (Å²) in [7, 11) is 0. The summed E-state index contributed by atoms with van der Waals surface area (Å²) in [4.78, 5) is 0. The van der Waals surface area contributed by atoms with Gasteiger partial charge < -0.3 is 0 Å². The van der Waals surface area contributed by atoms with Crippen molar-refractivity contribution in [3.8, 4) is 0 Å². The van der Waals surface area contributed by atoms with E-state index in [-0.39, 0.29) is 0 Å². The van der Waals surface area contributed by atoms with E-state index in [2.05, 4.69) is 20.4 Å². The topological polar surface area (TPSA) is 0 Å². The van der Waals surface area contributed by atoms with Crippen molar-refractivity contribution in [3.63, 3.8) is 0 Å². The maximum absolute atomic E-state index is 4.12. The first-order valence-electron chi connectivity index (χ1n) is 7.97. The van der Waals surface area contributed by atoms with Crippen LogP contribution in [0.5, 0.6) is 0 Å². The van der Waals surface area contributed by atoms with Gasteiger partial charge in [-0.2, -0.15) is 0 Å². The van der Waals surface area contributed by atoms with Crippen molar-refractivity contribution in [1.29, 1.82) is 0 Å². The zero-order valence-electron chi connectivity index (χ0n) is 12.4. The van der Waals surface area contributed by atoms with Crippen molar-refractivity contribution < 1.29 is 0 Å². The highest BCUT2D eigenvalue weighted by atomic mass is 14.0. The van der Waals surface area contributed by atoms with Crippen LogP contribution in [0.25, 0.3) is 0 Å². The molecule has 0 saturated heterocycles. The monoisotopic (exact) mass is 238 g/mol. The number of hydrogen-bond acceptors (Lipinski definition) is 0. The normalized spacial score (nSPS) is 10.7. The van der Waals surface area contributed by atoms with Gasteiger partial charge in [0.15, 0.2) is 0 Å². The molecule has 0 saturated carbocycles. The van der Waals surface area contributed by atoms with Gasteiger partial charge in [0.1, 0.15) is 0 Å². The van der Waals surface area contributed by atoms with Crippen LogP contribution in [-0.4, -0.2) is 0 Å². The Morgan fingerprint density at radius 2 is 1.06 bits per heavy atom. The quantitative estimate of drug-likeness (QED) is 0.249. The third-order valence-corrected chi connectivity index (χ3v) is 3.49. The molecule has 0 aromatic carbocycles. The van der Waals surface area contributed by atoms with E-state index >= 15 is 0 Å². The molecule has 0 spiro atoms. The van der Waals surface area contributed by atoms with Crippen LogP contribution in [0.1, 0.15) is 97.3 Å². The van der Waals surface area contributed by atoms with Crippen LogP contribution < -0.4 is 0 Å². The molecule has 0 fully saturated rings. The van der Waals surface area contributed by atoms with Crippen LogP contribution in [0.3, 0.4) is 0 Å². The second-order valence-corrected chi connectivity index (χ2v) is 5.43. The number of rotatable bonds is 13. The molecule has 0 aliphatic carbocycles. The highest BCUT2D eigenvalue weighted by molar-refractivity contribution is 4.92. The van der Waals surface area contributed by atoms with Gasteiger partial charge in [-0.05, 0) is 19.3 Å². The second kappa shape index (κ2) is 13.8. The van der Waals surface area contributed by atoms with E-state index in [1.807, 2.05) is 0 Å². The second-order valence-electron chi connectivity index (χ2n) is 5.43. The Balaban J connectivity index is 3.01. The fraction of sp³-hybridized carbons (Fsp3) is 0.882. The molecule has 0 unspecified atom stereocenters. The first kappa shape index (κ1) is 16.7. The van der Waals surface area contributed by atoms with Crippen molar-refractivity contribution in [3.05, 3.63) is 12.2 Å². The minimum Gasteiger partial charge on any atom is -0.0999 e. The molecule has 0 N–H and O–H groups in total. The lowest BCUT2D eigenvalue weighted by molar-refractivity contribution is 0.554. The summed E-state index contributed by atoms with van der Waals surface area (Å²) >= 11 is 0. The van der Waals surface area contributed by atoms with Gasteiger partial charge in [-0.3, -0.25) is 0 Å². The Morgan fingerprint density at radius 3 is 1.53 bits per heavy atom. The first-order chi connectivity index (χ1) is 8.31. The molecule has 0 aromatic heterocycles. The lowest BCUT2D eigenvalue weighted by Gasteiger charge is -2.04. The molecule has 0 heteroatoms. The van der Waals surface area contributed by atoms with Gasteiger partial charge in [0.25, 0.3) is 0 Å². The van der Waals surface area contributed by atoms with Crippen molar-refractivity contribution in [1.82, 2.24) is 0 Å². The van der Waals surface area contributed by atoms with E-state index in [9.17, 15) is 0 Å². The Morgan fingerprint density at radius 1 is 0.588 bits per heavy atom. The van der Waals surface area contributed by atoms with Crippen molar-refractivity contribution in [2.45, 2.75) is 97.3 Å². The SMILES string of the molecule is C=C(CCC)CCCCCCCCCCCC. The van der Waals surface area contributed by atoms with Gasteiger partial charge in [0, 0.05) is 0 Å². The van der Waals surface area contributed by atoms with Gasteiger partial charge >= 0.3 is 0 Å². The summed E-state index contributed by atoms with van der Waals surface area (Å²) in [6, 6.07) is 0. The van der Waals surface area contributed by atoms with Crippen molar-refractivity contribution >= 4 is 0 Å². The third-order valence-electron chi connectivity index (χ3n) is 3.49. The number of hydrogen-bond donors (Lipinski definition) is 0. The smallest absolute Gasteiger partial charge is 0.0323 e. The Labute approximate surface area is 110 Å². The van der Waals surface area contributed by atoms with Crippen molar-refractivity contribution in [2.24, 2.45) is 0 Å². The van der Waals surface area contributed by atoms with Crippen LogP contribution in [0.15, 0.2) is 12.2 Å². The predicted molar refractivity (Wildman–Crippen MR) is 80.5 cm³/mol. The lowest BCUT2D eigenvalue weighted by Crippen LogP contribution is -1.84. The summed E-state index contributed by atoms with van der Waals surface area (Å²) in [5.74, 6) is 0. The van der Waals surface area contributed by atoms with E-state index in [4.69, 9.17) is 0 Å². The van der Waals surface area contributed by atoms with E-state index in [0.717, 1.165) is 0 Å². The summed E-state index contributed by atoms with van der Waals surface area (Å²) in [6.45, 7) is 8.64. The Hall–Kier alpha value is -0.260. The molecule has 0 bridgehead atoms. The van der Waals surface area contributed by atoms with Crippen LogP contribution in [0.2, 0.25) is 0 Å². The zero-order chi connectivity index (χ0) is 12.8. The largest absolute Gasteiger partial charge is 0.0999 e. The average molecular weight is 238 g/mol. The standard InChI is InChI=1S/C17H34/c1-4-6-7-8-9-10-11-12-13-14-16-17(3)15-5-2/h3-16H2,1-2H3. The van der Waals surface area contributed by atoms with Gasteiger partial charge in [-0.15, -0.1) is 0 Å². The highest BCUT2D eigenvalue weighted by Crippen LogP contribution is 2.15. The summed E-state index contributed by atoms with van der Waals surface area (Å²) in [5, 5.41) is 0. The van der Waals surface area contributed by atoms with Gasteiger partial charge in [0.2, 0.25) is 0 Å². The minimum atomic E-state index is 1.23. The van der Waals surface area contributed by atoms with E-state index in [0.29, 0.717) is 0 Å². The average Bonchev–Trinajstić information content (AvgIpc) is 2.32. The van der Waals surface area contributed by atoms with E-state index in [1.54, 1.807) is 0 Å². The lowest BCUT2D eigenvalue weighted by atomic mass is 10.0. The maximum atomic E-state index is 4.12. The number of allylic oxidation sites excluding steroid dienone is 1. The van der Waals surface area contributed by atoms with Gasteiger partial charge in [-0.1, -0.05) is 90.2 Å². The molecule has 0 aliphatic rings. The highest BCUT2D eigenvalue weighted by Gasteiger charge is 1.95. The van der Waals surface area contributed by atoms with Crippen molar-refractivity contribution in [2.75, 3.05) is 0 Å². The molecule has 0 rings (SSSR count). The van der Waals surface area contributed by atoms with Crippen LogP contribution in [0.4, 0.5) is 0 Å². The molecule has 0 aromatic rings. The zero-order valence-corrected chi connectivity index (χ0v) is 12.4. The summed E-state index contributed by atoms with van der Waals surface area (Å²) in [6.07, 6.45) is 18.1. The van der Waals surface area contributed by atoms with Crippen LogP contribution >= 0.6 is 0 Å². The molecule has 0 amide bonds. The fourth-order valence-corrected chi connectivity index (χ4v) is 2.34. The molecule has 0 aliphatic heterocycles. The summed E-state index contributed by atoms with van der Waals surface area (Å²) in [5.41, 5.74) is 1.46. The van der Waals surface area contributed by atoms with Gasteiger partial charge in [-0.25, -0.2) is 0 Å². The first-order valence-corrected chi connectivity index (χ1v) is 7.97. The van der Waals surface area contributed by atoms with E-state index < -0.39 is 0 Å². The molecule has 0 heterocycles. The molecule has 0 nitrogen and oxygen atoms in total. The molecule has 0 radical (unpaired) electrons. The Kier molecular flexibility index (Phi) is 13.6. The van der Waals surface area contributed by atoms with Gasteiger partial charge in [0.05, 0.1) is 0 Å². The summed E-state index contributed by atoms with van der Waals surface area (Å²) < 4.78 is 0. The maximum Gasteiger partial charge on any atom is -0.0323 e. The van der Waals surface area contributed by atoms with E-state index in [1.165, 1.54) is 89.0 Å². The number of unbranched alkanes of at least 4 members (excludes halogenated alkanes) is 9. The third kappa shape index (κ3) is 13.7. The molecule has 0 atom stereocenters. The molecule has 102 valence electrons. The molecular weight excluding hydrogens is 204 g/mol.